The second kappa shape index (κ2) is 6.58. The van der Waals surface area contributed by atoms with Crippen LogP contribution >= 0.6 is 23.2 Å². The Morgan fingerprint density at radius 2 is 1.67 bits per heavy atom. The van der Waals surface area contributed by atoms with E-state index in [4.69, 9.17) is 32.7 Å². The molecule has 2 aromatic heterocycles. The van der Waals surface area contributed by atoms with E-state index in [9.17, 15) is 0 Å². The van der Waals surface area contributed by atoms with Gasteiger partial charge in [0.2, 0.25) is 11.8 Å². The van der Waals surface area contributed by atoms with Crippen molar-refractivity contribution in [2.24, 2.45) is 0 Å². The molecule has 0 aliphatic carbocycles. The molecule has 3 rings (SSSR count). The Labute approximate surface area is 147 Å². The van der Waals surface area contributed by atoms with Gasteiger partial charge in [-0.05, 0) is 28.1 Å². The molecule has 10 heteroatoms. The number of hydrogen-bond donors (Lipinski definition) is 1. The first-order valence-corrected chi connectivity index (χ1v) is 7.50. The van der Waals surface area contributed by atoms with Gasteiger partial charge in [0.25, 0.3) is 0 Å². The van der Waals surface area contributed by atoms with Crippen LogP contribution in [0.5, 0.6) is 11.8 Å². The Balaban J connectivity index is 2.24. The largest absolute Gasteiger partial charge is 0.481 e. The van der Waals surface area contributed by atoms with Crippen molar-refractivity contribution in [1.29, 1.82) is 0 Å². The second-order valence-electron chi connectivity index (χ2n) is 4.69. The van der Waals surface area contributed by atoms with E-state index < -0.39 is 4.87 Å². The average molecular weight is 367 g/mol. The third kappa shape index (κ3) is 2.85. The summed E-state index contributed by atoms with van der Waals surface area (Å²) in [5.41, 5.74) is 0.627. The number of tetrazole rings is 1. The maximum absolute atomic E-state index is 6.91. The second-order valence-corrected chi connectivity index (χ2v) is 5.69. The molecule has 0 saturated carbocycles. The number of nitrogens with one attached hydrogen (secondary N) is 1. The van der Waals surface area contributed by atoms with Crippen LogP contribution < -0.4 is 9.47 Å². The minimum Gasteiger partial charge on any atom is -0.481 e. The Kier molecular flexibility index (Phi) is 4.50. The summed E-state index contributed by atoms with van der Waals surface area (Å²) in [5.74, 6) is 1.04. The number of methoxy groups -OCH3 is 2. The maximum Gasteiger partial charge on any atom is 0.220 e. The van der Waals surface area contributed by atoms with Crippen LogP contribution in [0.15, 0.2) is 30.3 Å². The van der Waals surface area contributed by atoms with Gasteiger partial charge in [0.05, 0.1) is 20.3 Å². The molecule has 8 nitrogen and oxygen atoms in total. The van der Waals surface area contributed by atoms with E-state index in [-0.39, 0.29) is 11.6 Å². The van der Waals surface area contributed by atoms with Crippen molar-refractivity contribution >= 4 is 23.2 Å². The van der Waals surface area contributed by atoms with E-state index in [1.807, 2.05) is 0 Å². The Morgan fingerprint density at radius 3 is 2.17 bits per heavy atom. The number of aromatic nitrogens is 6. The minimum atomic E-state index is -1.38. The monoisotopic (exact) mass is 366 g/mol. The third-order valence-corrected chi connectivity index (χ3v) is 4.14. The van der Waals surface area contributed by atoms with Gasteiger partial charge in [0, 0.05) is 5.02 Å². The van der Waals surface area contributed by atoms with Gasteiger partial charge in [0.1, 0.15) is 0 Å². The van der Waals surface area contributed by atoms with Crippen molar-refractivity contribution < 1.29 is 9.47 Å². The lowest BCUT2D eigenvalue weighted by atomic mass is 9.96. The molecule has 1 atom stereocenters. The molecule has 0 saturated heterocycles. The van der Waals surface area contributed by atoms with Crippen LogP contribution in [0.25, 0.3) is 0 Å². The number of nitrogens with zero attached hydrogens (tertiary/aromatic N) is 5. The van der Waals surface area contributed by atoms with Crippen molar-refractivity contribution in [2.75, 3.05) is 14.2 Å². The van der Waals surface area contributed by atoms with Crippen molar-refractivity contribution in [3.63, 3.8) is 0 Å². The van der Waals surface area contributed by atoms with E-state index in [1.54, 1.807) is 30.3 Å². The summed E-state index contributed by atoms with van der Waals surface area (Å²) >= 11 is 12.9. The summed E-state index contributed by atoms with van der Waals surface area (Å²) in [4.78, 5) is 7.29. The highest BCUT2D eigenvalue weighted by Gasteiger charge is 2.41. The number of rotatable bonds is 5. The molecule has 0 spiro atoms. The number of aromatic amines is 1. The number of hydrogen-bond acceptors (Lipinski definition) is 7. The molecule has 0 radical (unpaired) electrons. The number of alkyl halides is 1. The zero-order valence-corrected chi connectivity index (χ0v) is 14.2. The summed E-state index contributed by atoms with van der Waals surface area (Å²) in [5, 5.41) is 14.3. The van der Waals surface area contributed by atoms with Gasteiger partial charge in [0.15, 0.2) is 16.5 Å². The lowest BCUT2D eigenvalue weighted by Gasteiger charge is -2.23. The van der Waals surface area contributed by atoms with Gasteiger partial charge in [-0.25, -0.2) is 5.10 Å². The van der Waals surface area contributed by atoms with E-state index in [2.05, 4.69) is 30.6 Å². The van der Waals surface area contributed by atoms with Gasteiger partial charge in [-0.3, -0.25) is 0 Å². The summed E-state index contributed by atoms with van der Waals surface area (Å²) < 4.78 is 10.4. The lowest BCUT2D eigenvalue weighted by Crippen LogP contribution is -2.27. The summed E-state index contributed by atoms with van der Waals surface area (Å²) in [6, 6.07) is 8.44. The Bertz CT molecular complexity index is 806. The first-order chi connectivity index (χ1) is 11.6. The molecular weight excluding hydrogens is 355 g/mol. The van der Waals surface area contributed by atoms with Crippen LogP contribution in [-0.2, 0) is 4.87 Å². The fraction of sp³-hybridized carbons (Fsp3) is 0.214. The van der Waals surface area contributed by atoms with Gasteiger partial charge >= 0.3 is 0 Å². The van der Waals surface area contributed by atoms with Crippen LogP contribution in [-0.4, -0.2) is 44.8 Å². The topological polar surface area (TPSA) is 98.7 Å². The van der Waals surface area contributed by atoms with Crippen molar-refractivity contribution in [1.82, 2.24) is 30.6 Å². The molecular formula is C14H12Cl2N6O2. The number of halogens is 2. The predicted molar refractivity (Wildman–Crippen MR) is 86.5 cm³/mol. The number of H-pyrrole nitrogens is 1. The molecule has 2 heterocycles. The van der Waals surface area contributed by atoms with Crippen molar-refractivity contribution in [3.8, 4) is 11.8 Å². The van der Waals surface area contributed by atoms with E-state index in [1.165, 1.54) is 14.2 Å². The third-order valence-electron chi connectivity index (χ3n) is 3.32. The molecule has 0 aliphatic heterocycles. The maximum atomic E-state index is 6.91. The highest BCUT2D eigenvalue weighted by molar-refractivity contribution is 6.30. The van der Waals surface area contributed by atoms with E-state index in [0.717, 1.165) is 0 Å². The van der Waals surface area contributed by atoms with Gasteiger partial charge in [-0.1, -0.05) is 35.3 Å². The summed E-state index contributed by atoms with van der Waals surface area (Å²) in [7, 11) is 2.97. The smallest absolute Gasteiger partial charge is 0.220 e. The number of benzene rings is 1. The van der Waals surface area contributed by atoms with Crippen LogP contribution in [0, 0.1) is 0 Å². The Hall–Kier alpha value is -2.45. The molecule has 0 bridgehead atoms. The zero-order valence-electron chi connectivity index (χ0n) is 12.7. The van der Waals surface area contributed by atoms with Gasteiger partial charge in [-0.2, -0.15) is 9.97 Å². The quantitative estimate of drug-likeness (QED) is 0.690. The fourth-order valence-electron chi connectivity index (χ4n) is 2.12. The van der Waals surface area contributed by atoms with Crippen LogP contribution in [0.4, 0.5) is 0 Å². The molecule has 3 aromatic rings. The number of ether oxygens (including phenoxy) is 2. The SMILES string of the molecule is COc1cc(OC)nc(C(Cl)(c2ccc(Cl)cc2)c2nnn[nH]2)n1. The first kappa shape index (κ1) is 16.4. The molecule has 0 amide bonds. The normalized spacial score (nSPS) is 13.3. The highest BCUT2D eigenvalue weighted by atomic mass is 35.5. The van der Waals surface area contributed by atoms with Gasteiger partial charge in [-0.15, -0.1) is 5.10 Å². The van der Waals surface area contributed by atoms with Gasteiger partial charge < -0.3 is 9.47 Å². The molecule has 1 unspecified atom stereocenters. The van der Waals surface area contributed by atoms with Crippen LogP contribution in [0.1, 0.15) is 17.2 Å². The van der Waals surface area contributed by atoms with E-state index >= 15 is 0 Å². The van der Waals surface area contributed by atoms with Crippen LogP contribution in [0.2, 0.25) is 5.02 Å². The van der Waals surface area contributed by atoms with E-state index in [0.29, 0.717) is 22.3 Å². The Morgan fingerprint density at radius 1 is 1.04 bits per heavy atom. The summed E-state index contributed by atoms with van der Waals surface area (Å²) in [6.45, 7) is 0. The zero-order chi connectivity index (χ0) is 17.2. The molecule has 1 aromatic carbocycles. The minimum absolute atomic E-state index is 0.196. The lowest BCUT2D eigenvalue weighted by molar-refractivity contribution is 0.366. The summed E-state index contributed by atoms with van der Waals surface area (Å²) in [6.07, 6.45) is 0. The highest BCUT2D eigenvalue weighted by Crippen LogP contribution is 2.40. The van der Waals surface area contributed by atoms with Crippen LogP contribution in [0.3, 0.4) is 0 Å². The molecule has 0 aliphatic rings. The molecule has 0 fully saturated rings. The molecule has 124 valence electrons. The fourth-order valence-corrected chi connectivity index (χ4v) is 2.54. The standard InChI is InChI=1S/C14H12Cl2N6O2/c1-23-10-7-11(24-2)18-12(17-10)14(16,13-19-21-22-20-13)8-3-5-9(15)6-4-8/h3-7H,1-2H3,(H,19,20,21,22). The van der Waals surface area contributed by atoms with Crippen molar-refractivity contribution in [2.45, 2.75) is 4.87 Å². The first-order valence-electron chi connectivity index (χ1n) is 6.74. The van der Waals surface area contributed by atoms with Crippen molar-refractivity contribution in [3.05, 3.63) is 52.6 Å². The molecule has 1 N–H and O–H groups in total. The predicted octanol–water partition coefficient (Wildman–Crippen LogP) is 2.19. The molecule has 24 heavy (non-hydrogen) atoms. The average Bonchev–Trinajstić information content (AvgIpc) is 3.16.